The van der Waals surface area contributed by atoms with Crippen LogP contribution in [0.3, 0.4) is 0 Å². The third-order valence-corrected chi connectivity index (χ3v) is 7.44. The standard InChI is InChI=1S/C20H31N3O3S/c21-20(24)19(13-15-3-1-2-4-15)17-5-7-18(8-6-17)27(25,26)23-14-16-9-11-22-12-10-16/h5-8,15-16,19,22-23H,1-4,9-14H2,(H2,21,24). The van der Waals surface area contributed by atoms with Crippen LogP contribution in [0.4, 0.5) is 0 Å². The number of rotatable bonds is 8. The van der Waals surface area contributed by atoms with E-state index in [-0.39, 0.29) is 16.7 Å². The molecule has 1 aromatic rings. The minimum absolute atomic E-state index is 0.240. The van der Waals surface area contributed by atoms with Crippen molar-refractivity contribution >= 4 is 15.9 Å². The second-order valence-electron chi connectivity index (χ2n) is 7.96. The van der Waals surface area contributed by atoms with Crippen LogP contribution in [0.2, 0.25) is 0 Å². The normalized spacial score (nSPS) is 20.6. The summed E-state index contributed by atoms with van der Waals surface area (Å²) < 4.78 is 27.8. The molecule has 0 bridgehead atoms. The summed E-state index contributed by atoms with van der Waals surface area (Å²) in [7, 11) is -3.53. The fourth-order valence-corrected chi connectivity index (χ4v) is 5.39. The van der Waals surface area contributed by atoms with Crippen LogP contribution in [0.25, 0.3) is 0 Å². The summed E-state index contributed by atoms with van der Waals surface area (Å²) in [5, 5.41) is 3.28. The van der Waals surface area contributed by atoms with E-state index in [0.29, 0.717) is 18.4 Å². The van der Waals surface area contributed by atoms with Gasteiger partial charge in [-0.2, -0.15) is 0 Å². The number of benzene rings is 1. The summed E-state index contributed by atoms with van der Waals surface area (Å²) in [6.07, 6.45) is 7.47. The van der Waals surface area contributed by atoms with Gasteiger partial charge in [0.25, 0.3) is 0 Å². The summed E-state index contributed by atoms with van der Waals surface area (Å²) >= 11 is 0. The Balaban J connectivity index is 1.64. The largest absolute Gasteiger partial charge is 0.369 e. The molecule has 150 valence electrons. The van der Waals surface area contributed by atoms with Crippen molar-refractivity contribution in [3.8, 4) is 0 Å². The van der Waals surface area contributed by atoms with E-state index in [1.807, 2.05) is 0 Å². The predicted octanol–water partition coefficient (Wildman–Crippen LogP) is 2.11. The van der Waals surface area contributed by atoms with E-state index < -0.39 is 10.0 Å². The van der Waals surface area contributed by atoms with Crippen molar-refractivity contribution in [2.24, 2.45) is 17.6 Å². The van der Waals surface area contributed by atoms with Crippen molar-refractivity contribution in [1.29, 1.82) is 0 Å². The SMILES string of the molecule is NC(=O)C(CC1CCCC1)c1ccc(S(=O)(=O)NCC2CCNCC2)cc1. The molecule has 1 atom stereocenters. The second-order valence-corrected chi connectivity index (χ2v) is 9.72. The van der Waals surface area contributed by atoms with Gasteiger partial charge in [-0.25, -0.2) is 13.1 Å². The molecule has 1 heterocycles. The van der Waals surface area contributed by atoms with E-state index in [4.69, 9.17) is 5.73 Å². The lowest BCUT2D eigenvalue weighted by molar-refractivity contribution is -0.119. The van der Waals surface area contributed by atoms with E-state index in [9.17, 15) is 13.2 Å². The number of primary amides is 1. The molecule has 1 saturated carbocycles. The highest BCUT2D eigenvalue weighted by molar-refractivity contribution is 7.89. The van der Waals surface area contributed by atoms with Gasteiger partial charge < -0.3 is 11.1 Å². The molecule has 27 heavy (non-hydrogen) atoms. The third kappa shape index (κ3) is 5.53. The van der Waals surface area contributed by atoms with Gasteiger partial charge in [0, 0.05) is 6.54 Å². The molecule has 6 nitrogen and oxygen atoms in total. The van der Waals surface area contributed by atoms with Gasteiger partial charge >= 0.3 is 0 Å². The van der Waals surface area contributed by atoms with Crippen LogP contribution in [0.1, 0.15) is 56.4 Å². The lowest BCUT2D eigenvalue weighted by atomic mass is 9.87. The molecule has 1 aromatic carbocycles. The summed E-state index contributed by atoms with van der Waals surface area (Å²) in [6.45, 7) is 2.35. The quantitative estimate of drug-likeness (QED) is 0.629. The Hall–Kier alpha value is -1.44. The molecule has 0 spiro atoms. The average molecular weight is 394 g/mol. The molecule has 1 unspecified atom stereocenters. The van der Waals surface area contributed by atoms with Crippen LogP contribution in [-0.2, 0) is 14.8 Å². The van der Waals surface area contributed by atoms with Crippen molar-refractivity contribution in [2.45, 2.75) is 55.8 Å². The zero-order chi connectivity index (χ0) is 19.3. The maximum Gasteiger partial charge on any atom is 0.240 e. The molecular weight excluding hydrogens is 362 g/mol. The maximum absolute atomic E-state index is 12.6. The van der Waals surface area contributed by atoms with Gasteiger partial charge in [0.2, 0.25) is 15.9 Å². The number of sulfonamides is 1. The van der Waals surface area contributed by atoms with E-state index in [0.717, 1.165) is 50.8 Å². The Morgan fingerprint density at radius 2 is 1.70 bits per heavy atom. The molecule has 1 saturated heterocycles. The van der Waals surface area contributed by atoms with Crippen LogP contribution < -0.4 is 15.8 Å². The van der Waals surface area contributed by atoms with Crippen molar-refractivity contribution < 1.29 is 13.2 Å². The summed E-state index contributed by atoms with van der Waals surface area (Å²) in [5.74, 6) is 0.248. The number of carbonyl (C=O) groups excluding carboxylic acids is 1. The summed E-state index contributed by atoms with van der Waals surface area (Å²) in [5.41, 5.74) is 6.44. The molecule has 1 aliphatic carbocycles. The lowest BCUT2D eigenvalue weighted by Crippen LogP contribution is -2.36. The minimum Gasteiger partial charge on any atom is -0.369 e. The third-order valence-electron chi connectivity index (χ3n) is 6.00. The summed E-state index contributed by atoms with van der Waals surface area (Å²) in [4.78, 5) is 12.2. The Morgan fingerprint density at radius 3 is 2.30 bits per heavy atom. The zero-order valence-corrected chi connectivity index (χ0v) is 16.6. The van der Waals surface area contributed by atoms with E-state index in [1.54, 1.807) is 24.3 Å². The van der Waals surface area contributed by atoms with Crippen LogP contribution in [-0.4, -0.2) is 34.0 Å². The first-order valence-electron chi connectivity index (χ1n) is 10.1. The zero-order valence-electron chi connectivity index (χ0n) is 15.8. The lowest BCUT2D eigenvalue weighted by Gasteiger charge is -2.22. The number of nitrogens with two attached hydrogens (primary N) is 1. The average Bonchev–Trinajstić information content (AvgIpc) is 3.19. The van der Waals surface area contributed by atoms with Gasteiger partial charge in [0.05, 0.1) is 10.8 Å². The van der Waals surface area contributed by atoms with Crippen molar-refractivity contribution in [1.82, 2.24) is 10.0 Å². The van der Waals surface area contributed by atoms with E-state index in [1.165, 1.54) is 12.8 Å². The smallest absolute Gasteiger partial charge is 0.240 e. The summed E-state index contributed by atoms with van der Waals surface area (Å²) in [6, 6.07) is 6.66. The van der Waals surface area contributed by atoms with Crippen molar-refractivity contribution in [2.75, 3.05) is 19.6 Å². The van der Waals surface area contributed by atoms with Crippen LogP contribution in [0.15, 0.2) is 29.2 Å². The number of hydrogen-bond acceptors (Lipinski definition) is 4. The topological polar surface area (TPSA) is 101 Å². The van der Waals surface area contributed by atoms with E-state index in [2.05, 4.69) is 10.0 Å². The number of amides is 1. The van der Waals surface area contributed by atoms with E-state index >= 15 is 0 Å². The molecule has 4 N–H and O–H groups in total. The number of nitrogens with one attached hydrogen (secondary N) is 2. The second kappa shape index (κ2) is 9.17. The predicted molar refractivity (Wildman–Crippen MR) is 106 cm³/mol. The molecule has 2 fully saturated rings. The fourth-order valence-electron chi connectivity index (χ4n) is 4.27. The van der Waals surface area contributed by atoms with Crippen molar-refractivity contribution in [3.63, 3.8) is 0 Å². The first-order valence-corrected chi connectivity index (χ1v) is 11.5. The van der Waals surface area contributed by atoms with Gasteiger partial charge in [0.1, 0.15) is 0 Å². The molecule has 1 amide bonds. The Bertz CT molecular complexity index is 721. The fraction of sp³-hybridized carbons (Fsp3) is 0.650. The van der Waals surface area contributed by atoms with Gasteiger partial charge in [-0.3, -0.25) is 4.79 Å². The molecular formula is C20H31N3O3S. The minimum atomic E-state index is -3.53. The molecule has 2 aliphatic rings. The number of hydrogen-bond donors (Lipinski definition) is 3. The van der Waals surface area contributed by atoms with Gasteiger partial charge in [-0.15, -0.1) is 0 Å². The van der Waals surface area contributed by atoms with Crippen LogP contribution >= 0.6 is 0 Å². The Morgan fingerprint density at radius 1 is 1.07 bits per heavy atom. The first-order chi connectivity index (χ1) is 13.0. The molecule has 3 rings (SSSR count). The molecule has 1 aliphatic heterocycles. The maximum atomic E-state index is 12.6. The van der Waals surface area contributed by atoms with Gasteiger partial charge in [-0.05, 0) is 61.9 Å². The first kappa shape index (κ1) is 20.3. The Kier molecular flexibility index (Phi) is 6.89. The van der Waals surface area contributed by atoms with Crippen LogP contribution in [0.5, 0.6) is 0 Å². The molecule has 7 heteroatoms. The monoisotopic (exact) mass is 393 g/mol. The molecule has 0 aromatic heterocycles. The van der Waals surface area contributed by atoms with Crippen LogP contribution in [0, 0.1) is 11.8 Å². The highest BCUT2D eigenvalue weighted by Gasteiger charge is 2.26. The number of piperidine rings is 1. The molecule has 0 radical (unpaired) electrons. The Labute approximate surface area is 162 Å². The van der Waals surface area contributed by atoms with Gasteiger partial charge in [-0.1, -0.05) is 37.8 Å². The highest BCUT2D eigenvalue weighted by Crippen LogP contribution is 2.34. The number of carbonyl (C=O) groups is 1. The van der Waals surface area contributed by atoms with Gasteiger partial charge in [0.15, 0.2) is 0 Å². The van der Waals surface area contributed by atoms with Crippen molar-refractivity contribution in [3.05, 3.63) is 29.8 Å². The highest BCUT2D eigenvalue weighted by atomic mass is 32.2.